The molecule has 15 nitrogen and oxygen atoms in total. The summed E-state index contributed by atoms with van der Waals surface area (Å²) in [5.41, 5.74) is 0. The fourth-order valence-corrected chi connectivity index (χ4v) is 9.34. The molecule has 2 fully saturated rings. The molecule has 15 heteroatoms. The molecule has 2 aliphatic heterocycles. The molecule has 11 unspecified atom stereocenters. The van der Waals surface area contributed by atoms with Gasteiger partial charge < -0.3 is 64.2 Å². The van der Waals surface area contributed by atoms with Crippen LogP contribution in [0.5, 0.6) is 0 Å². The molecule has 76 heavy (non-hydrogen) atoms. The molecule has 442 valence electrons. The van der Waals surface area contributed by atoms with Gasteiger partial charge in [-0.05, 0) is 77.0 Å². The molecule has 0 radical (unpaired) electrons. The van der Waals surface area contributed by atoms with Crippen LogP contribution < -0.4 is 0 Å². The molecule has 2 heterocycles. The summed E-state index contributed by atoms with van der Waals surface area (Å²) in [7, 11) is 0. The van der Waals surface area contributed by atoms with Crippen molar-refractivity contribution in [3.8, 4) is 0 Å². The van der Waals surface area contributed by atoms with E-state index < -0.39 is 92.7 Å². The van der Waals surface area contributed by atoms with E-state index in [9.17, 15) is 45.3 Å². The van der Waals surface area contributed by atoms with Crippen LogP contribution in [-0.2, 0) is 38.0 Å². The maximum absolute atomic E-state index is 13.1. The van der Waals surface area contributed by atoms with Crippen LogP contribution in [0, 0.1) is 0 Å². The lowest BCUT2D eigenvalue weighted by Crippen LogP contribution is -2.61. The molecule has 0 aromatic rings. The first kappa shape index (κ1) is 69.6. The molecule has 2 saturated heterocycles. The fourth-order valence-electron chi connectivity index (χ4n) is 9.34. The minimum atomic E-state index is -1.77. The van der Waals surface area contributed by atoms with Gasteiger partial charge in [-0.2, -0.15) is 0 Å². The summed E-state index contributed by atoms with van der Waals surface area (Å²) in [4.78, 5) is 25.9. The number of carbonyl (C=O) groups is 2. The highest BCUT2D eigenvalue weighted by atomic mass is 16.7. The minimum Gasteiger partial charge on any atom is -0.462 e. The zero-order valence-corrected chi connectivity index (χ0v) is 47.2. The summed E-state index contributed by atoms with van der Waals surface area (Å²) in [6.45, 7) is 2.58. The van der Waals surface area contributed by atoms with Crippen molar-refractivity contribution in [2.45, 2.75) is 300 Å². The van der Waals surface area contributed by atoms with Crippen LogP contribution in [0.4, 0.5) is 0 Å². The van der Waals surface area contributed by atoms with Crippen LogP contribution in [-0.4, -0.2) is 142 Å². The molecule has 7 N–H and O–H groups in total. The average Bonchev–Trinajstić information content (AvgIpc) is 3.41. The SMILES string of the molecule is CCCCC/C=C\C/C=C\C/C=C\CCCCCCCCC(=O)OC(COC(=O)CCCCCCCCCCC/C=C\CCCCCCCCCC)COC1OC(COC2OC(CO)C(O)C(O)C2O)C(O)C(O)C1O. The largest absolute Gasteiger partial charge is 0.462 e. The zero-order valence-electron chi connectivity index (χ0n) is 47.2. The molecule has 2 aliphatic rings. The van der Waals surface area contributed by atoms with Crippen molar-refractivity contribution in [1.29, 1.82) is 0 Å². The van der Waals surface area contributed by atoms with Crippen LogP contribution in [0.15, 0.2) is 48.6 Å². The van der Waals surface area contributed by atoms with Gasteiger partial charge in [-0.15, -0.1) is 0 Å². The summed E-state index contributed by atoms with van der Waals surface area (Å²) >= 11 is 0. The number of rotatable bonds is 48. The van der Waals surface area contributed by atoms with Gasteiger partial charge in [-0.3, -0.25) is 9.59 Å². The van der Waals surface area contributed by atoms with E-state index in [1.165, 1.54) is 122 Å². The number of aliphatic hydroxyl groups is 7. The first-order valence-electron chi connectivity index (χ1n) is 30.2. The zero-order chi connectivity index (χ0) is 55.3. The maximum Gasteiger partial charge on any atom is 0.306 e. The predicted octanol–water partition coefficient (Wildman–Crippen LogP) is 10.6. The molecule has 0 aromatic heterocycles. The molecular formula is C61H108O15. The number of carbonyl (C=O) groups excluding carboxylic acids is 2. The summed E-state index contributed by atoms with van der Waals surface area (Å²) < 4.78 is 33.7. The lowest BCUT2D eigenvalue weighted by atomic mass is 9.98. The summed E-state index contributed by atoms with van der Waals surface area (Å²) in [6.07, 6.45) is 38.4. The van der Waals surface area contributed by atoms with Gasteiger partial charge in [-0.25, -0.2) is 0 Å². The van der Waals surface area contributed by atoms with Crippen molar-refractivity contribution in [1.82, 2.24) is 0 Å². The van der Waals surface area contributed by atoms with E-state index in [0.29, 0.717) is 12.8 Å². The highest BCUT2D eigenvalue weighted by Crippen LogP contribution is 2.27. The van der Waals surface area contributed by atoms with E-state index in [0.717, 1.165) is 70.6 Å². The van der Waals surface area contributed by atoms with Crippen LogP contribution in [0.25, 0.3) is 0 Å². The van der Waals surface area contributed by atoms with Gasteiger partial charge in [0, 0.05) is 12.8 Å². The Kier molecular flexibility index (Phi) is 43.3. The van der Waals surface area contributed by atoms with Crippen molar-refractivity contribution in [2.75, 3.05) is 26.4 Å². The Bertz CT molecular complexity index is 1500. The number of hydrogen-bond acceptors (Lipinski definition) is 15. The van der Waals surface area contributed by atoms with Crippen molar-refractivity contribution in [3.05, 3.63) is 48.6 Å². The third-order valence-corrected chi connectivity index (χ3v) is 14.3. The summed E-state index contributed by atoms with van der Waals surface area (Å²) in [5.74, 6) is -0.936. The Morgan fingerprint density at radius 2 is 0.789 bits per heavy atom. The number of aliphatic hydroxyl groups excluding tert-OH is 7. The van der Waals surface area contributed by atoms with Gasteiger partial charge >= 0.3 is 11.9 Å². The van der Waals surface area contributed by atoms with Gasteiger partial charge in [-0.1, -0.05) is 191 Å². The number of allylic oxidation sites excluding steroid dienone is 8. The Labute approximate surface area is 458 Å². The van der Waals surface area contributed by atoms with Gasteiger partial charge in [0.15, 0.2) is 18.7 Å². The molecule has 2 rings (SSSR count). The lowest BCUT2D eigenvalue weighted by Gasteiger charge is -2.42. The molecule has 0 spiro atoms. The molecule has 0 bridgehead atoms. The molecule has 0 aromatic carbocycles. The molecule has 0 aliphatic carbocycles. The molecular weight excluding hydrogens is 973 g/mol. The Hall–Kier alpha value is -2.54. The normalized spacial score (nSPS) is 24.6. The van der Waals surface area contributed by atoms with Crippen LogP contribution >= 0.6 is 0 Å². The van der Waals surface area contributed by atoms with Crippen molar-refractivity contribution < 1.29 is 73.8 Å². The van der Waals surface area contributed by atoms with E-state index >= 15 is 0 Å². The van der Waals surface area contributed by atoms with Crippen LogP contribution in [0.1, 0.15) is 232 Å². The summed E-state index contributed by atoms with van der Waals surface area (Å²) in [6, 6.07) is 0. The smallest absolute Gasteiger partial charge is 0.306 e. The lowest BCUT2D eigenvalue weighted by molar-refractivity contribution is -0.332. The van der Waals surface area contributed by atoms with Gasteiger partial charge in [0.2, 0.25) is 0 Å². The van der Waals surface area contributed by atoms with Gasteiger partial charge in [0.1, 0.15) is 55.4 Å². The second kappa shape index (κ2) is 47.3. The van der Waals surface area contributed by atoms with E-state index in [1.807, 2.05) is 0 Å². The van der Waals surface area contributed by atoms with Crippen molar-refractivity contribution in [3.63, 3.8) is 0 Å². The Balaban J connectivity index is 1.74. The van der Waals surface area contributed by atoms with Crippen LogP contribution in [0.3, 0.4) is 0 Å². The monoisotopic (exact) mass is 1080 g/mol. The Morgan fingerprint density at radius 3 is 1.28 bits per heavy atom. The van der Waals surface area contributed by atoms with E-state index in [2.05, 4.69) is 62.5 Å². The van der Waals surface area contributed by atoms with Crippen molar-refractivity contribution >= 4 is 11.9 Å². The van der Waals surface area contributed by atoms with E-state index in [-0.39, 0.29) is 26.1 Å². The number of unbranched alkanes of at least 4 members (excludes halogenated alkanes) is 26. The highest BCUT2D eigenvalue weighted by Gasteiger charge is 2.47. The molecule has 11 atom stereocenters. The standard InChI is InChI=1S/C61H108O15/c1-3-5-7-9-11-13-15-17-19-21-23-24-26-27-29-31-33-35-37-39-41-43-52(63)71-46-49(74-53(64)44-42-40-38-36-34-32-30-28-25-22-20-18-16-14-12-10-8-6-4-2)47-72-60-59(70)57(68)55(66)51(76-60)48-73-61-58(69)56(67)54(65)50(45-62)75-61/h12,14,18,20-21,23,25,28,49-51,54-62,65-70H,3-11,13,15-17,19,22,24,26-27,29-48H2,1-2H3/b14-12-,20-18-,23-21-,28-25-. The van der Waals surface area contributed by atoms with E-state index in [4.69, 9.17) is 28.4 Å². The first-order chi connectivity index (χ1) is 37.0. The highest BCUT2D eigenvalue weighted by molar-refractivity contribution is 5.70. The third kappa shape index (κ3) is 33.8. The second-order valence-electron chi connectivity index (χ2n) is 21.2. The van der Waals surface area contributed by atoms with E-state index in [1.54, 1.807) is 0 Å². The van der Waals surface area contributed by atoms with Crippen molar-refractivity contribution in [2.24, 2.45) is 0 Å². The third-order valence-electron chi connectivity index (χ3n) is 14.3. The van der Waals surface area contributed by atoms with Gasteiger partial charge in [0.25, 0.3) is 0 Å². The number of hydrogen-bond donors (Lipinski definition) is 7. The topological polar surface area (TPSA) is 231 Å². The number of ether oxygens (including phenoxy) is 6. The molecule has 0 saturated carbocycles. The number of esters is 2. The quantitative estimate of drug-likeness (QED) is 0.0171. The first-order valence-corrected chi connectivity index (χ1v) is 30.2. The molecule has 0 amide bonds. The average molecular weight is 1080 g/mol. The maximum atomic E-state index is 13.1. The minimum absolute atomic E-state index is 0.150. The van der Waals surface area contributed by atoms with Crippen LogP contribution in [0.2, 0.25) is 0 Å². The fraction of sp³-hybridized carbons (Fsp3) is 0.836. The Morgan fingerprint density at radius 1 is 0.421 bits per heavy atom. The summed E-state index contributed by atoms with van der Waals surface area (Å²) in [5, 5.41) is 72.3. The van der Waals surface area contributed by atoms with Gasteiger partial charge in [0.05, 0.1) is 19.8 Å². The predicted molar refractivity (Wildman–Crippen MR) is 298 cm³/mol. The second-order valence-corrected chi connectivity index (χ2v) is 21.2.